The molecule has 2 rings (SSSR count). The van der Waals surface area contributed by atoms with Crippen molar-refractivity contribution in [1.82, 2.24) is 0 Å². The number of ether oxygens (including phenoxy) is 2. The fourth-order valence-electron chi connectivity index (χ4n) is 2.24. The molecule has 4 heteroatoms. The molecule has 1 heterocycles. The summed E-state index contributed by atoms with van der Waals surface area (Å²) in [5.41, 5.74) is 1.88. The molecule has 1 aromatic rings. The van der Waals surface area contributed by atoms with E-state index in [9.17, 15) is 5.11 Å². The molecular weight excluding hydrogens is 296 g/mol. The van der Waals surface area contributed by atoms with Gasteiger partial charge in [0.2, 0.25) is 0 Å². The molecule has 0 aliphatic carbocycles. The van der Waals surface area contributed by atoms with Crippen molar-refractivity contribution in [2.45, 2.75) is 38.7 Å². The smallest absolute Gasteiger partial charge is 0.166 e. The van der Waals surface area contributed by atoms with Gasteiger partial charge in [-0.2, -0.15) is 0 Å². The average Bonchev–Trinajstić information content (AvgIpc) is 2.72. The Hall–Kier alpha value is -0.740. The van der Waals surface area contributed by atoms with E-state index >= 15 is 0 Å². The van der Waals surface area contributed by atoms with E-state index in [-0.39, 0.29) is 18.1 Å². The second-order valence-corrected chi connectivity index (χ2v) is 6.22. The van der Waals surface area contributed by atoms with Crippen molar-refractivity contribution >= 4 is 15.9 Å². The van der Waals surface area contributed by atoms with E-state index in [1.807, 2.05) is 26.8 Å². The van der Waals surface area contributed by atoms with Crippen LogP contribution in [-0.4, -0.2) is 24.9 Å². The molecule has 0 spiro atoms. The summed E-state index contributed by atoms with van der Waals surface area (Å²) in [6.07, 6.45) is 1.03. The van der Waals surface area contributed by atoms with Gasteiger partial charge >= 0.3 is 0 Å². The van der Waals surface area contributed by atoms with Crippen LogP contribution in [0, 0.1) is 0 Å². The van der Waals surface area contributed by atoms with Gasteiger partial charge in [-0.1, -0.05) is 29.8 Å². The number of methoxy groups -OCH3 is 1. The zero-order valence-corrected chi connectivity index (χ0v) is 12.8. The van der Waals surface area contributed by atoms with E-state index < -0.39 is 0 Å². The Kier molecular flexibility index (Phi) is 3.60. The molecule has 0 saturated heterocycles. The molecule has 1 aromatic carbocycles. The maximum absolute atomic E-state index is 9.54. The lowest BCUT2D eigenvalue weighted by Gasteiger charge is -2.25. The summed E-state index contributed by atoms with van der Waals surface area (Å²) in [5, 5.41) is 9.54. The van der Waals surface area contributed by atoms with Crippen LogP contribution in [0.15, 0.2) is 10.5 Å². The first-order valence-corrected chi connectivity index (χ1v) is 6.87. The minimum Gasteiger partial charge on any atom is -0.493 e. The number of hydrogen-bond acceptors (Lipinski definition) is 3. The standard InChI is InChI=1S/C14H19BrO3/c1-8-5-9-12(15)10(14(2,3)7-16)6-11(17-4)13(9)18-8/h6,8,16H,5,7H2,1-4H3. The molecule has 0 aromatic heterocycles. The first-order chi connectivity index (χ1) is 8.40. The molecule has 1 unspecified atom stereocenters. The van der Waals surface area contributed by atoms with Gasteiger partial charge in [0.05, 0.1) is 13.7 Å². The summed E-state index contributed by atoms with van der Waals surface area (Å²) in [5.74, 6) is 1.57. The van der Waals surface area contributed by atoms with E-state index in [1.165, 1.54) is 0 Å². The first kappa shape index (κ1) is 13.7. The van der Waals surface area contributed by atoms with Crippen molar-refractivity contribution in [1.29, 1.82) is 0 Å². The lowest BCUT2D eigenvalue weighted by Crippen LogP contribution is -2.23. The monoisotopic (exact) mass is 314 g/mol. The van der Waals surface area contributed by atoms with Crippen LogP contribution in [0.4, 0.5) is 0 Å². The Morgan fingerprint density at radius 3 is 2.78 bits per heavy atom. The Morgan fingerprint density at radius 1 is 1.56 bits per heavy atom. The van der Waals surface area contributed by atoms with Crippen LogP contribution in [0.5, 0.6) is 11.5 Å². The molecule has 3 nitrogen and oxygen atoms in total. The van der Waals surface area contributed by atoms with E-state index in [4.69, 9.17) is 9.47 Å². The van der Waals surface area contributed by atoms with Crippen LogP contribution < -0.4 is 9.47 Å². The van der Waals surface area contributed by atoms with Crippen molar-refractivity contribution in [2.24, 2.45) is 0 Å². The van der Waals surface area contributed by atoms with Gasteiger partial charge in [0.1, 0.15) is 6.10 Å². The second-order valence-electron chi connectivity index (χ2n) is 5.42. The number of rotatable bonds is 3. The van der Waals surface area contributed by atoms with Crippen LogP contribution in [0.25, 0.3) is 0 Å². The minimum absolute atomic E-state index is 0.0873. The quantitative estimate of drug-likeness (QED) is 0.932. The first-order valence-electron chi connectivity index (χ1n) is 6.08. The zero-order chi connectivity index (χ0) is 13.5. The highest BCUT2D eigenvalue weighted by molar-refractivity contribution is 9.10. The molecule has 100 valence electrons. The number of aliphatic hydroxyl groups is 1. The van der Waals surface area contributed by atoms with E-state index in [0.29, 0.717) is 0 Å². The number of benzene rings is 1. The van der Waals surface area contributed by atoms with E-state index in [2.05, 4.69) is 15.9 Å². The van der Waals surface area contributed by atoms with Crippen molar-refractivity contribution in [3.8, 4) is 11.5 Å². The Morgan fingerprint density at radius 2 is 2.22 bits per heavy atom. The summed E-state index contributed by atoms with van der Waals surface area (Å²) in [6.45, 7) is 6.16. The van der Waals surface area contributed by atoms with Gasteiger partial charge in [0.25, 0.3) is 0 Å². The van der Waals surface area contributed by atoms with Gasteiger partial charge in [0.15, 0.2) is 11.5 Å². The van der Waals surface area contributed by atoms with Crippen molar-refractivity contribution in [3.63, 3.8) is 0 Å². The minimum atomic E-state index is -0.313. The lowest BCUT2D eigenvalue weighted by atomic mass is 9.84. The molecule has 0 bridgehead atoms. The van der Waals surface area contributed by atoms with Gasteiger partial charge in [-0.3, -0.25) is 0 Å². The molecule has 0 amide bonds. The van der Waals surface area contributed by atoms with Crippen LogP contribution >= 0.6 is 15.9 Å². The fourth-order valence-corrected chi connectivity index (χ4v) is 3.24. The summed E-state index contributed by atoms with van der Waals surface area (Å²) in [6, 6.07) is 1.96. The third-order valence-electron chi connectivity index (χ3n) is 3.43. The highest BCUT2D eigenvalue weighted by Gasteiger charge is 2.32. The van der Waals surface area contributed by atoms with Crippen molar-refractivity contribution in [2.75, 3.05) is 13.7 Å². The molecule has 0 saturated carbocycles. The predicted molar refractivity (Wildman–Crippen MR) is 74.6 cm³/mol. The van der Waals surface area contributed by atoms with Crippen molar-refractivity contribution in [3.05, 3.63) is 21.7 Å². The third-order valence-corrected chi connectivity index (χ3v) is 4.34. The largest absolute Gasteiger partial charge is 0.493 e. The Bertz CT molecular complexity index is 469. The summed E-state index contributed by atoms with van der Waals surface area (Å²) >= 11 is 3.65. The number of halogens is 1. The predicted octanol–water partition coefficient (Wildman–Crippen LogP) is 3.05. The molecule has 1 N–H and O–H groups in total. The van der Waals surface area contributed by atoms with E-state index in [1.54, 1.807) is 7.11 Å². The van der Waals surface area contributed by atoms with Gasteiger partial charge in [-0.05, 0) is 18.6 Å². The van der Waals surface area contributed by atoms with Crippen LogP contribution in [0.2, 0.25) is 0 Å². The molecule has 18 heavy (non-hydrogen) atoms. The van der Waals surface area contributed by atoms with Gasteiger partial charge in [-0.25, -0.2) is 0 Å². The normalized spacial score (nSPS) is 18.4. The zero-order valence-electron chi connectivity index (χ0n) is 11.2. The molecule has 0 radical (unpaired) electrons. The molecule has 1 aliphatic rings. The Labute approximate surface area is 116 Å². The molecule has 1 aliphatic heterocycles. The van der Waals surface area contributed by atoms with Crippen molar-refractivity contribution < 1.29 is 14.6 Å². The van der Waals surface area contributed by atoms with E-state index in [0.717, 1.165) is 33.5 Å². The SMILES string of the molecule is COc1cc(C(C)(C)CO)c(Br)c2c1OC(C)C2. The number of fused-ring (bicyclic) bond motifs is 1. The summed E-state index contributed by atoms with van der Waals surface area (Å²) < 4.78 is 12.2. The number of aliphatic hydroxyl groups excluding tert-OH is 1. The maximum atomic E-state index is 9.54. The number of hydrogen-bond donors (Lipinski definition) is 1. The summed E-state index contributed by atoms with van der Waals surface area (Å²) in [4.78, 5) is 0. The molecule has 0 fully saturated rings. The highest BCUT2D eigenvalue weighted by Crippen LogP contribution is 2.46. The maximum Gasteiger partial charge on any atom is 0.166 e. The van der Waals surface area contributed by atoms with Crippen LogP contribution in [0.1, 0.15) is 31.9 Å². The molecular formula is C14H19BrO3. The second kappa shape index (κ2) is 4.74. The lowest BCUT2D eigenvalue weighted by molar-refractivity contribution is 0.217. The van der Waals surface area contributed by atoms with Gasteiger partial charge in [-0.15, -0.1) is 0 Å². The van der Waals surface area contributed by atoms with Gasteiger partial charge in [0, 0.05) is 21.9 Å². The topological polar surface area (TPSA) is 38.7 Å². The Balaban J connectivity index is 2.62. The fraction of sp³-hybridized carbons (Fsp3) is 0.571. The molecule has 1 atom stereocenters. The average molecular weight is 315 g/mol. The summed E-state index contributed by atoms with van der Waals surface area (Å²) in [7, 11) is 1.64. The van der Waals surface area contributed by atoms with Crippen LogP contribution in [-0.2, 0) is 11.8 Å². The van der Waals surface area contributed by atoms with Crippen LogP contribution in [0.3, 0.4) is 0 Å². The third kappa shape index (κ3) is 2.12. The highest BCUT2D eigenvalue weighted by atomic mass is 79.9. The van der Waals surface area contributed by atoms with Gasteiger partial charge < -0.3 is 14.6 Å².